The molecular formula is C9H9N3O2. The SMILES string of the molecule is [N-]=[N+]=NC1Cc2ccccc2C1OO. The molecule has 0 heterocycles. The lowest BCUT2D eigenvalue weighted by Gasteiger charge is -2.11. The van der Waals surface area contributed by atoms with Gasteiger partial charge in [0.25, 0.3) is 0 Å². The molecule has 0 radical (unpaired) electrons. The first-order valence-corrected chi connectivity index (χ1v) is 4.29. The molecule has 1 aromatic rings. The third-order valence-corrected chi connectivity index (χ3v) is 2.45. The van der Waals surface area contributed by atoms with Crippen molar-refractivity contribution < 1.29 is 10.1 Å². The molecule has 2 rings (SSSR count). The van der Waals surface area contributed by atoms with Gasteiger partial charge in [-0.05, 0) is 23.1 Å². The molecule has 0 aromatic heterocycles. The zero-order valence-electron chi connectivity index (χ0n) is 7.37. The predicted molar refractivity (Wildman–Crippen MR) is 49.5 cm³/mol. The predicted octanol–water partition coefficient (Wildman–Crippen LogP) is 2.45. The molecule has 1 aliphatic rings. The van der Waals surface area contributed by atoms with Crippen molar-refractivity contribution in [2.24, 2.45) is 5.11 Å². The Morgan fingerprint density at radius 2 is 2.29 bits per heavy atom. The van der Waals surface area contributed by atoms with Crippen LogP contribution < -0.4 is 0 Å². The van der Waals surface area contributed by atoms with Gasteiger partial charge in [-0.1, -0.05) is 29.4 Å². The van der Waals surface area contributed by atoms with Crippen molar-refractivity contribution in [1.29, 1.82) is 0 Å². The fraction of sp³-hybridized carbons (Fsp3) is 0.333. The first kappa shape index (κ1) is 9.02. The monoisotopic (exact) mass is 191 g/mol. The van der Waals surface area contributed by atoms with Gasteiger partial charge in [0.1, 0.15) is 6.10 Å². The number of hydrogen-bond donors (Lipinski definition) is 1. The maximum Gasteiger partial charge on any atom is 0.127 e. The van der Waals surface area contributed by atoms with Crippen molar-refractivity contribution >= 4 is 0 Å². The van der Waals surface area contributed by atoms with Crippen LogP contribution in [0.25, 0.3) is 10.4 Å². The molecule has 0 aliphatic heterocycles. The molecule has 0 saturated carbocycles. The first-order valence-electron chi connectivity index (χ1n) is 4.29. The summed E-state index contributed by atoms with van der Waals surface area (Å²) in [6.45, 7) is 0. The Kier molecular flexibility index (Phi) is 2.37. The van der Waals surface area contributed by atoms with Crippen molar-refractivity contribution in [2.75, 3.05) is 0 Å². The topological polar surface area (TPSA) is 78.2 Å². The maximum absolute atomic E-state index is 8.73. The van der Waals surface area contributed by atoms with E-state index in [0.29, 0.717) is 6.42 Å². The van der Waals surface area contributed by atoms with Gasteiger partial charge in [-0.2, -0.15) is 0 Å². The zero-order valence-corrected chi connectivity index (χ0v) is 7.37. The third kappa shape index (κ3) is 1.33. The molecule has 14 heavy (non-hydrogen) atoms. The van der Waals surface area contributed by atoms with Crippen molar-refractivity contribution in [3.8, 4) is 0 Å². The van der Waals surface area contributed by atoms with E-state index in [1.165, 1.54) is 0 Å². The molecule has 2 atom stereocenters. The highest BCUT2D eigenvalue weighted by Crippen LogP contribution is 2.35. The molecular weight excluding hydrogens is 182 g/mol. The summed E-state index contributed by atoms with van der Waals surface area (Å²) in [6.07, 6.45) is 0.0907. The summed E-state index contributed by atoms with van der Waals surface area (Å²) in [5.74, 6) is 0. The molecule has 1 aliphatic carbocycles. The van der Waals surface area contributed by atoms with Gasteiger partial charge in [0.05, 0.1) is 6.04 Å². The van der Waals surface area contributed by atoms with Gasteiger partial charge in [-0.25, -0.2) is 4.89 Å². The normalized spacial score (nSPS) is 24.1. The van der Waals surface area contributed by atoms with Crippen LogP contribution in [0.3, 0.4) is 0 Å². The van der Waals surface area contributed by atoms with E-state index in [2.05, 4.69) is 14.9 Å². The Morgan fingerprint density at radius 1 is 1.50 bits per heavy atom. The van der Waals surface area contributed by atoms with E-state index in [1.54, 1.807) is 0 Å². The van der Waals surface area contributed by atoms with Crippen LogP contribution in [-0.2, 0) is 11.3 Å². The van der Waals surface area contributed by atoms with Gasteiger partial charge < -0.3 is 0 Å². The molecule has 5 heteroatoms. The van der Waals surface area contributed by atoms with Crippen molar-refractivity contribution in [1.82, 2.24) is 0 Å². The summed E-state index contributed by atoms with van der Waals surface area (Å²) in [6, 6.07) is 7.23. The Labute approximate surface area is 80.5 Å². The lowest BCUT2D eigenvalue weighted by molar-refractivity contribution is -0.283. The highest BCUT2D eigenvalue weighted by molar-refractivity contribution is 5.36. The number of azide groups is 1. The summed E-state index contributed by atoms with van der Waals surface area (Å²) in [4.78, 5) is 7.07. The van der Waals surface area contributed by atoms with E-state index in [-0.39, 0.29) is 6.04 Å². The van der Waals surface area contributed by atoms with Crippen molar-refractivity contribution in [3.05, 3.63) is 45.8 Å². The molecule has 1 N–H and O–H groups in total. The minimum Gasteiger partial charge on any atom is -0.251 e. The standard InChI is InChI=1S/C9H9N3O2/c10-12-11-8-5-6-3-1-2-4-7(6)9(8)14-13/h1-4,8-9,13H,5H2. The summed E-state index contributed by atoms with van der Waals surface area (Å²) < 4.78 is 0. The van der Waals surface area contributed by atoms with Crippen LogP contribution >= 0.6 is 0 Å². The molecule has 2 unspecified atom stereocenters. The van der Waals surface area contributed by atoms with E-state index >= 15 is 0 Å². The van der Waals surface area contributed by atoms with E-state index in [9.17, 15) is 0 Å². The maximum atomic E-state index is 8.73. The van der Waals surface area contributed by atoms with Crippen LogP contribution in [0.1, 0.15) is 17.2 Å². The third-order valence-electron chi connectivity index (χ3n) is 2.45. The van der Waals surface area contributed by atoms with Gasteiger partial charge in [0.15, 0.2) is 0 Å². The fourth-order valence-corrected chi connectivity index (χ4v) is 1.83. The molecule has 5 nitrogen and oxygen atoms in total. The quantitative estimate of drug-likeness (QED) is 0.256. The van der Waals surface area contributed by atoms with Crippen LogP contribution in [0.4, 0.5) is 0 Å². The Morgan fingerprint density at radius 3 is 3.00 bits per heavy atom. The number of fused-ring (bicyclic) bond motifs is 1. The smallest absolute Gasteiger partial charge is 0.127 e. The van der Waals surface area contributed by atoms with Crippen molar-refractivity contribution in [3.63, 3.8) is 0 Å². The molecule has 72 valence electrons. The minimum absolute atomic E-state index is 0.345. The molecule has 0 bridgehead atoms. The van der Waals surface area contributed by atoms with Gasteiger partial charge in [0.2, 0.25) is 0 Å². The molecule has 0 saturated heterocycles. The van der Waals surface area contributed by atoms with Crippen LogP contribution in [0.5, 0.6) is 0 Å². The first-order chi connectivity index (χ1) is 6.86. The van der Waals surface area contributed by atoms with Gasteiger partial charge in [-0.15, -0.1) is 0 Å². The van der Waals surface area contributed by atoms with E-state index in [1.807, 2.05) is 24.3 Å². The van der Waals surface area contributed by atoms with Gasteiger partial charge >= 0.3 is 0 Å². The van der Waals surface area contributed by atoms with Gasteiger partial charge in [-0.3, -0.25) is 5.26 Å². The Hall–Kier alpha value is -1.55. The highest BCUT2D eigenvalue weighted by Gasteiger charge is 2.32. The second-order valence-corrected chi connectivity index (χ2v) is 3.20. The fourth-order valence-electron chi connectivity index (χ4n) is 1.83. The van der Waals surface area contributed by atoms with Crippen molar-refractivity contribution in [2.45, 2.75) is 18.6 Å². The van der Waals surface area contributed by atoms with E-state index in [4.69, 9.17) is 10.8 Å². The van der Waals surface area contributed by atoms with E-state index in [0.717, 1.165) is 11.1 Å². The number of nitrogens with zero attached hydrogens (tertiary/aromatic N) is 3. The van der Waals surface area contributed by atoms with Gasteiger partial charge in [0, 0.05) is 4.91 Å². The Balaban J connectivity index is 2.38. The highest BCUT2D eigenvalue weighted by atomic mass is 17.1. The minimum atomic E-state index is -0.526. The lowest BCUT2D eigenvalue weighted by Crippen LogP contribution is -2.12. The average Bonchev–Trinajstić information content (AvgIpc) is 2.55. The lowest BCUT2D eigenvalue weighted by atomic mass is 10.1. The van der Waals surface area contributed by atoms with Crippen LogP contribution in [-0.4, -0.2) is 11.3 Å². The molecule has 0 amide bonds. The van der Waals surface area contributed by atoms with Crippen LogP contribution in [0.15, 0.2) is 29.4 Å². The molecule has 0 fully saturated rings. The van der Waals surface area contributed by atoms with Crippen LogP contribution in [0, 0.1) is 0 Å². The summed E-state index contributed by atoms with van der Waals surface area (Å²) in [7, 11) is 0. The second kappa shape index (κ2) is 3.67. The zero-order chi connectivity index (χ0) is 9.97. The number of hydrogen-bond acceptors (Lipinski definition) is 3. The number of benzene rings is 1. The number of rotatable bonds is 2. The summed E-state index contributed by atoms with van der Waals surface area (Å²) >= 11 is 0. The molecule has 1 aromatic carbocycles. The van der Waals surface area contributed by atoms with E-state index < -0.39 is 6.10 Å². The second-order valence-electron chi connectivity index (χ2n) is 3.20. The summed E-state index contributed by atoms with van der Waals surface area (Å²) in [5, 5.41) is 12.3. The average molecular weight is 191 g/mol. The van der Waals surface area contributed by atoms with Crippen LogP contribution in [0.2, 0.25) is 0 Å². The Bertz CT molecular complexity index is 387. The largest absolute Gasteiger partial charge is 0.251 e. The molecule has 0 spiro atoms. The summed E-state index contributed by atoms with van der Waals surface area (Å²) in [5.41, 5.74) is 10.3.